The van der Waals surface area contributed by atoms with Crippen LogP contribution in [0.1, 0.15) is 19.4 Å². The van der Waals surface area contributed by atoms with Gasteiger partial charge in [-0.3, -0.25) is 15.0 Å². The van der Waals surface area contributed by atoms with Gasteiger partial charge < -0.3 is 14.9 Å². The van der Waals surface area contributed by atoms with Crippen molar-refractivity contribution in [1.82, 2.24) is 4.90 Å². The van der Waals surface area contributed by atoms with Crippen LogP contribution in [0.3, 0.4) is 0 Å². The Hall–Kier alpha value is -1.70. The lowest BCUT2D eigenvalue weighted by Gasteiger charge is -2.20. The molecule has 0 saturated heterocycles. The van der Waals surface area contributed by atoms with Crippen LogP contribution < -0.4 is 4.74 Å². The molecule has 0 unspecified atom stereocenters. The van der Waals surface area contributed by atoms with Crippen LogP contribution in [-0.2, 0) is 6.54 Å². The van der Waals surface area contributed by atoms with Crippen LogP contribution in [-0.4, -0.2) is 52.9 Å². The van der Waals surface area contributed by atoms with Gasteiger partial charge >= 0.3 is 5.69 Å². The van der Waals surface area contributed by atoms with Gasteiger partial charge in [0.25, 0.3) is 0 Å². The molecule has 124 valence electrons. The molecule has 0 aliphatic rings. The van der Waals surface area contributed by atoms with Crippen LogP contribution >= 0.6 is 0 Å². The van der Waals surface area contributed by atoms with Crippen LogP contribution in [0.15, 0.2) is 18.2 Å². The number of aliphatic hydroxyl groups excluding tert-OH is 2. The zero-order valence-electron chi connectivity index (χ0n) is 13.1. The molecule has 0 atom stereocenters. The standard InChI is InChI=1S/C15H24N2O5/c1-12(2)11-22-15-4-3-13(9-14(15)17(20)21)10-16(5-7-18)6-8-19/h3-4,9,12,18-19H,5-8,10-11H2,1-2H3. The Morgan fingerprint density at radius 1 is 1.27 bits per heavy atom. The van der Waals surface area contributed by atoms with E-state index >= 15 is 0 Å². The number of ether oxygens (including phenoxy) is 1. The Labute approximate surface area is 130 Å². The maximum atomic E-state index is 11.2. The third kappa shape index (κ3) is 5.97. The Balaban J connectivity index is 2.89. The van der Waals surface area contributed by atoms with E-state index < -0.39 is 4.92 Å². The number of rotatable bonds is 10. The first kappa shape index (κ1) is 18.3. The van der Waals surface area contributed by atoms with Gasteiger partial charge in [0.15, 0.2) is 5.75 Å². The summed E-state index contributed by atoms with van der Waals surface area (Å²) in [5.41, 5.74) is 0.677. The summed E-state index contributed by atoms with van der Waals surface area (Å²) in [4.78, 5) is 12.6. The topological polar surface area (TPSA) is 96.1 Å². The summed E-state index contributed by atoms with van der Waals surface area (Å²) in [6.07, 6.45) is 0. The molecule has 0 spiro atoms. The van der Waals surface area contributed by atoms with E-state index in [1.54, 1.807) is 12.1 Å². The van der Waals surface area contributed by atoms with E-state index in [0.29, 0.717) is 26.2 Å². The number of hydrogen-bond acceptors (Lipinski definition) is 6. The Kier molecular flexibility index (Phi) is 7.79. The molecule has 7 heteroatoms. The second kappa shape index (κ2) is 9.34. The van der Waals surface area contributed by atoms with Gasteiger partial charge in [-0.25, -0.2) is 0 Å². The maximum Gasteiger partial charge on any atom is 0.311 e. The summed E-state index contributed by atoms with van der Waals surface area (Å²) in [6.45, 7) is 5.53. The molecule has 0 aliphatic carbocycles. The van der Waals surface area contributed by atoms with Crippen molar-refractivity contribution < 1.29 is 19.9 Å². The minimum Gasteiger partial charge on any atom is -0.487 e. The zero-order valence-corrected chi connectivity index (χ0v) is 13.1. The van der Waals surface area contributed by atoms with Crippen molar-refractivity contribution in [1.29, 1.82) is 0 Å². The molecule has 0 fully saturated rings. The van der Waals surface area contributed by atoms with Crippen molar-refractivity contribution in [3.05, 3.63) is 33.9 Å². The average Bonchev–Trinajstić information content (AvgIpc) is 2.46. The summed E-state index contributed by atoms with van der Waals surface area (Å²) in [5.74, 6) is 0.544. The minimum atomic E-state index is -0.457. The minimum absolute atomic E-state index is 0.0301. The Morgan fingerprint density at radius 2 is 1.91 bits per heavy atom. The molecule has 0 bridgehead atoms. The van der Waals surface area contributed by atoms with Crippen LogP contribution in [0.2, 0.25) is 0 Å². The number of aliphatic hydroxyl groups is 2. The van der Waals surface area contributed by atoms with Gasteiger partial charge in [0.1, 0.15) is 0 Å². The van der Waals surface area contributed by atoms with Gasteiger partial charge in [-0.05, 0) is 17.5 Å². The van der Waals surface area contributed by atoms with Crippen molar-refractivity contribution in [3.63, 3.8) is 0 Å². The van der Waals surface area contributed by atoms with Crippen LogP contribution in [0, 0.1) is 16.0 Å². The first-order chi connectivity index (χ1) is 10.5. The van der Waals surface area contributed by atoms with E-state index in [1.165, 1.54) is 6.07 Å². The Bertz CT molecular complexity index is 473. The smallest absolute Gasteiger partial charge is 0.311 e. The third-order valence-electron chi connectivity index (χ3n) is 3.03. The van der Waals surface area contributed by atoms with Crippen molar-refractivity contribution >= 4 is 5.69 Å². The van der Waals surface area contributed by atoms with E-state index in [4.69, 9.17) is 14.9 Å². The summed E-state index contributed by atoms with van der Waals surface area (Å²) in [7, 11) is 0. The van der Waals surface area contributed by atoms with E-state index in [0.717, 1.165) is 5.56 Å². The second-order valence-electron chi connectivity index (χ2n) is 5.49. The van der Waals surface area contributed by atoms with Crippen LogP contribution in [0.4, 0.5) is 5.69 Å². The Morgan fingerprint density at radius 3 is 2.41 bits per heavy atom. The monoisotopic (exact) mass is 312 g/mol. The number of nitro benzene ring substituents is 1. The number of nitro groups is 1. The molecule has 0 radical (unpaired) electrons. The molecule has 1 aromatic carbocycles. The molecule has 0 aliphatic heterocycles. The number of hydrogen-bond donors (Lipinski definition) is 2. The quantitative estimate of drug-likeness (QED) is 0.501. The second-order valence-corrected chi connectivity index (χ2v) is 5.49. The molecular weight excluding hydrogens is 288 g/mol. The van der Waals surface area contributed by atoms with Crippen molar-refractivity contribution in [2.75, 3.05) is 32.9 Å². The zero-order chi connectivity index (χ0) is 16.5. The summed E-state index contributed by atoms with van der Waals surface area (Å²) < 4.78 is 5.48. The fraction of sp³-hybridized carbons (Fsp3) is 0.600. The fourth-order valence-corrected chi connectivity index (χ4v) is 1.99. The SMILES string of the molecule is CC(C)COc1ccc(CN(CCO)CCO)cc1[N+](=O)[O-]. The first-order valence-electron chi connectivity index (χ1n) is 7.32. The van der Waals surface area contributed by atoms with Gasteiger partial charge in [0.05, 0.1) is 24.7 Å². The number of nitrogens with zero attached hydrogens (tertiary/aromatic N) is 2. The van der Waals surface area contributed by atoms with Crippen molar-refractivity contribution in [2.24, 2.45) is 5.92 Å². The summed E-state index contributed by atoms with van der Waals surface area (Å²) in [5, 5.41) is 29.2. The van der Waals surface area contributed by atoms with Gasteiger partial charge in [-0.2, -0.15) is 0 Å². The molecule has 7 nitrogen and oxygen atoms in total. The largest absolute Gasteiger partial charge is 0.487 e. The van der Waals surface area contributed by atoms with E-state index in [2.05, 4.69) is 0 Å². The predicted molar refractivity (Wildman–Crippen MR) is 82.9 cm³/mol. The van der Waals surface area contributed by atoms with Crippen LogP contribution in [0.5, 0.6) is 5.75 Å². The molecule has 1 rings (SSSR count). The lowest BCUT2D eigenvalue weighted by atomic mass is 10.1. The van der Waals surface area contributed by atoms with E-state index in [-0.39, 0.29) is 30.6 Å². The normalized spacial score (nSPS) is 11.2. The predicted octanol–water partition coefficient (Wildman–Crippen LogP) is 1.42. The number of benzene rings is 1. The van der Waals surface area contributed by atoms with E-state index in [1.807, 2.05) is 18.7 Å². The highest BCUT2D eigenvalue weighted by Gasteiger charge is 2.17. The summed E-state index contributed by atoms with van der Waals surface area (Å²) >= 11 is 0. The van der Waals surface area contributed by atoms with Gasteiger partial charge in [-0.1, -0.05) is 19.9 Å². The molecule has 2 N–H and O–H groups in total. The van der Waals surface area contributed by atoms with Crippen molar-refractivity contribution in [3.8, 4) is 5.75 Å². The molecule has 22 heavy (non-hydrogen) atoms. The van der Waals surface area contributed by atoms with Gasteiger partial charge in [-0.15, -0.1) is 0 Å². The molecular formula is C15H24N2O5. The molecule has 1 aromatic rings. The van der Waals surface area contributed by atoms with Gasteiger partial charge in [0.2, 0.25) is 0 Å². The van der Waals surface area contributed by atoms with E-state index in [9.17, 15) is 10.1 Å². The molecule has 0 saturated carbocycles. The highest BCUT2D eigenvalue weighted by molar-refractivity contribution is 5.48. The summed E-state index contributed by atoms with van der Waals surface area (Å²) in [6, 6.07) is 4.85. The molecule has 0 aromatic heterocycles. The third-order valence-corrected chi connectivity index (χ3v) is 3.03. The van der Waals surface area contributed by atoms with Crippen LogP contribution in [0.25, 0.3) is 0 Å². The highest BCUT2D eigenvalue weighted by atomic mass is 16.6. The highest BCUT2D eigenvalue weighted by Crippen LogP contribution is 2.28. The first-order valence-corrected chi connectivity index (χ1v) is 7.32. The lowest BCUT2D eigenvalue weighted by Crippen LogP contribution is -2.29. The fourth-order valence-electron chi connectivity index (χ4n) is 1.99. The lowest BCUT2D eigenvalue weighted by molar-refractivity contribution is -0.386. The average molecular weight is 312 g/mol. The molecule has 0 amide bonds. The maximum absolute atomic E-state index is 11.2. The molecule has 0 heterocycles. The van der Waals surface area contributed by atoms with Gasteiger partial charge in [0, 0.05) is 25.7 Å². The van der Waals surface area contributed by atoms with Crippen molar-refractivity contribution in [2.45, 2.75) is 20.4 Å².